The lowest BCUT2D eigenvalue weighted by molar-refractivity contribution is -0.133. The minimum absolute atomic E-state index is 0.429. The fourth-order valence-corrected chi connectivity index (χ4v) is 2.92. The van der Waals surface area contributed by atoms with Gasteiger partial charge in [0.2, 0.25) is 0 Å². The van der Waals surface area contributed by atoms with Crippen molar-refractivity contribution in [2.24, 2.45) is 0 Å². The van der Waals surface area contributed by atoms with Gasteiger partial charge in [-0.1, -0.05) is 30.3 Å². The summed E-state index contributed by atoms with van der Waals surface area (Å²) in [6.07, 6.45) is 4.14. The maximum Gasteiger partial charge on any atom is 0.150 e. The molecule has 2 aromatic rings. The van der Waals surface area contributed by atoms with Gasteiger partial charge in [-0.15, -0.1) is 0 Å². The van der Waals surface area contributed by atoms with Crippen LogP contribution in [0.4, 0.5) is 5.82 Å². The molecule has 4 heteroatoms. The Kier molecular flexibility index (Phi) is 2.55. The van der Waals surface area contributed by atoms with Gasteiger partial charge in [0.05, 0.1) is 18.8 Å². The number of piperidine rings is 1. The zero-order valence-corrected chi connectivity index (χ0v) is 10.8. The average Bonchev–Trinajstić information content (AvgIpc) is 2.88. The second kappa shape index (κ2) is 4.38. The molecule has 2 unspecified atom stereocenters. The number of benzene rings is 1. The van der Waals surface area contributed by atoms with Crippen molar-refractivity contribution in [3.05, 3.63) is 48.2 Å². The molecule has 2 bridgehead atoms. The van der Waals surface area contributed by atoms with E-state index in [2.05, 4.69) is 46.5 Å². The molecule has 0 spiro atoms. The molecule has 0 radical (unpaired) electrons. The van der Waals surface area contributed by atoms with Gasteiger partial charge in [-0.3, -0.25) is 4.68 Å². The first kappa shape index (κ1) is 11.1. The summed E-state index contributed by atoms with van der Waals surface area (Å²) >= 11 is 0. The van der Waals surface area contributed by atoms with Crippen molar-refractivity contribution in [3.8, 4) is 0 Å². The average molecular weight is 255 g/mol. The molecule has 5 rings (SSSR count). The maximum absolute atomic E-state index is 5.65. The number of nitrogens with zero attached hydrogens (tertiary/aromatic N) is 3. The summed E-state index contributed by atoms with van der Waals surface area (Å²) in [5.74, 6) is 1.08. The third kappa shape index (κ3) is 2.12. The largest absolute Gasteiger partial charge is 0.371 e. The van der Waals surface area contributed by atoms with E-state index in [9.17, 15) is 0 Å². The molecule has 4 nitrogen and oxygen atoms in total. The fourth-order valence-electron chi connectivity index (χ4n) is 2.92. The number of fused-ring (bicyclic) bond motifs is 2. The Balaban J connectivity index is 1.47. The summed E-state index contributed by atoms with van der Waals surface area (Å²) in [6, 6.07) is 12.5. The number of aromatic nitrogens is 2. The van der Waals surface area contributed by atoms with Crippen LogP contribution in [0.1, 0.15) is 12.0 Å². The highest BCUT2D eigenvalue weighted by molar-refractivity contribution is 5.39. The molecule has 98 valence electrons. The number of anilines is 1. The number of rotatable bonds is 3. The van der Waals surface area contributed by atoms with Crippen LogP contribution in [0.15, 0.2) is 42.6 Å². The SMILES string of the molecule is c1ccc(Cn2ccc(N3CC4CC(C3)O4)n2)cc1. The Morgan fingerprint density at radius 3 is 2.58 bits per heavy atom. The summed E-state index contributed by atoms with van der Waals surface area (Å²) in [4.78, 5) is 2.34. The van der Waals surface area contributed by atoms with E-state index in [1.165, 1.54) is 12.0 Å². The number of hydrogen-bond donors (Lipinski definition) is 0. The van der Waals surface area contributed by atoms with Gasteiger partial charge in [-0.05, 0) is 5.56 Å². The monoisotopic (exact) mass is 255 g/mol. The Morgan fingerprint density at radius 2 is 1.84 bits per heavy atom. The fraction of sp³-hybridized carbons (Fsp3) is 0.400. The molecular formula is C15H17N3O. The van der Waals surface area contributed by atoms with Gasteiger partial charge in [0.25, 0.3) is 0 Å². The van der Waals surface area contributed by atoms with E-state index < -0.39 is 0 Å². The van der Waals surface area contributed by atoms with Crippen LogP contribution in [0.25, 0.3) is 0 Å². The molecule has 0 N–H and O–H groups in total. The van der Waals surface area contributed by atoms with E-state index in [4.69, 9.17) is 4.74 Å². The molecule has 1 aromatic carbocycles. The Hall–Kier alpha value is -1.81. The lowest BCUT2D eigenvalue weighted by Gasteiger charge is -2.47. The van der Waals surface area contributed by atoms with E-state index in [-0.39, 0.29) is 0 Å². The van der Waals surface area contributed by atoms with Gasteiger partial charge >= 0.3 is 0 Å². The van der Waals surface area contributed by atoms with Crippen LogP contribution in [0.3, 0.4) is 0 Å². The Labute approximate surface area is 112 Å². The number of morpholine rings is 1. The van der Waals surface area contributed by atoms with Crippen molar-refractivity contribution in [2.45, 2.75) is 25.2 Å². The zero-order valence-electron chi connectivity index (χ0n) is 10.8. The highest BCUT2D eigenvalue weighted by Gasteiger charge is 2.38. The smallest absolute Gasteiger partial charge is 0.150 e. The van der Waals surface area contributed by atoms with E-state index in [0.717, 1.165) is 25.5 Å². The van der Waals surface area contributed by atoms with Gasteiger partial charge < -0.3 is 9.64 Å². The van der Waals surface area contributed by atoms with E-state index in [0.29, 0.717) is 12.2 Å². The van der Waals surface area contributed by atoms with Crippen LogP contribution >= 0.6 is 0 Å². The van der Waals surface area contributed by atoms with Crippen LogP contribution in [0.5, 0.6) is 0 Å². The maximum atomic E-state index is 5.65. The van der Waals surface area contributed by atoms with E-state index in [1.54, 1.807) is 0 Å². The third-order valence-electron chi connectivity index (χ3n) is 3.90. The first-order valence-corrected chi connectivity index (χ1v) is 6.84. The second-order valence-corrected chi connectivity index (χ2v) is 5.38. The predicted molar refractivity (Wildman–Crippen MR) is 73.3 cm³/mol. The molecule has 1 aromatic heterocycles. The quantitative estimate of drug-likeness (QED) is 0.839. The second-order valence-electron chi connectivity index (χ2n) is 5.38. The molecule has 4 heterocycles. The summed E-state index contributed by atoms with van der Waals surface area (Å²) < 4.78 is 7.66. The molecule has 3 aliphatic rings. The summed E-state index contributed by atoms with van der Waals surface area (Å²) in [5, 5.41) is 4.67. The van der Waals surface area contributed by atoms with Crippen molar-refractivity contribution >= 4 is 5.82 Å². The molecule has 3 fully saturated rings. The summed E-state index contributed by atoms with van der Waals surface area (Å²) in [6.45, 7) is 2.80. The Bertz CT molecular complexity index is 550. The standard InChI is InChI=1S/C15H17N3O/c1-2-4-12(5-3-1)9-18-7-6-15(16-18)17-10-13-8-14(11-17)19-13/h1-7,13-14H,8-11H2. The van der Waals surface area contributed by atoms with Crippen molar-refractivity contribution in [3.63, 3.8) is 0 Å². The minimum Gasteiger partial charge on any atom is -0.371 e. The Morgan fingerprint density at radius 1 is 1.11 bits per heavy atom. The number of hydrogen-bond acceptors (Lipinski definition) is 3. The van der Waals surface area contributed by atoms with Crippen LogP contribution < -0.4 is 4.90 Å². The lowest BCUT2D eigenvalue weighted by Crippen LogP contribution is -2.57. The van der Waals surface area contributed by atoms with Crippen LogP contribution in [-0.2, 0) is 11.3 Å². The molecule has 0 saturated carbocycles. The van der Waals surface area contributed by atoms with Crippen molar-refractivity contribution in [2.75, 3.05) is 18.0 Å². The van der Waals surface area contributed by atoms with E-state index >= 15 is 0 Å². The topological polar surface area (TPSA) is 30.3 Å². The van der Waals surface area contributed by atoms with Crippen LogP contribution in [-0.4, -0.2) is 35.1 Å². The molecular weight excluding hydrogens is 238 g/mol. The minimum atomic E-state index is 0.429. The first-order valence-electron chi connectivity index (χ1n) is 6.84. The zero-order chi connectivity index (χ0) is 12.7. The number of ether oxygens (including phenoxy) is 1. The highest BCUT2D eigenvalue weighted by Crippen LogP contribution is 2.30. The summed E-state index contributed by atoms with van der Waals surface area (Å²) in [5.41, 5.74) is 1.28. The van der Waals surface area contributed by atoms with Gasteiger partial charge in [0.1, 0.15) is 0 Å². The third-order valence-corrected chi connectivity index (χ3v) is 3.90. The molecule has 2 atom stereocenters. The van der Waals surface area contributed by atoms with Crippen molar-refractivity contribution in [1.29, 1.82) is 0 Å². The predicted octanol–water partition coefficient (Wildman–Crippen LogP) is 1.91. The van der Waals surface area contributed by atoms with Crippen molar-refractivity contribution < 1.29 is 4.74 Å². The highest BCUT2D eigenvalue weighted by atomic mass is 16.5. The van der Waals surface area contributed by atoms with Gasteiger partial charge in [-0.2, -0.15) is 5.10 Å². The molecule has 19 heavy (non-hydrogen) atoms. The molecule has 0 amide bonds. The van der Waals surface area contributed by atoms with Crippen molar-refractivity contribution in [1.82, 2.24) is 9.78 Å². The summed E-state index contributed by atoms with van der Waals surface area (Å²) in [7, 11) is 0. The normalized spacial score (nSPS) is 25.2. The van der Waals surface area contributed by atoms with E-state index in [1.807, 2.05) is 10.7 Å². The van der Waals surface area contributed by atoms with Gasteiger partial charge in [0.15, 0.2) is 5.82 Å². The lowest BCUT2D eigenvalue weighted by atomic mass is 9.99. The molecule has 0 aliphatic carbocycles. The van der Waals surface area contributed by atoms with Crippen LogP contribution in [0, 0.1) is 0 Å². The molecule has 3 aliphatic heterocycles. The first-order chi connectivity index (χ1) is 9.37. The molecule has 3 saturated heterocycles. The van der Waals surface area contributed by atoms with Gasteiger partial charge in [-0.25, -0.2) is 0 Å². The van der Waals surface area contributed by atoms with Gasteiger partial charge in [0, 0.05) is 31.8 Å². The van der Waals surface area contributed by atoms with Crippen LogP contribution in [0.2, 0.25) is 0 Å².